The summed E-state index contributed by atoms with van der Waals surface area (Å²) < 4.78 is 11.1. The molecule has 3 nitrogen and oxygen atoms in total. The van der Waals surface area contributed by atoms with E-state index in [1.165, 1.54) is 0 Å². The number of benzene rings is 1. The lowest BCUT2D eigenvalue weighted by atomic mass is 10.1. The lowest BCUT2D eigenvalue weighted by Crippen LogP contribution is -2.41. The molecule has 0 aliphatic rings. The van der Waals surface area contributed by atoms with E-state index in [-0.39, 0.29) is 6.10 Å². The molecule has 1 rings (SSSR count). The van der Waals surface area contributed by atoms with Crippen LogP contribution in [-0.4, -0.2) is 32.4 Å². The Bertz CT molecular complexity index is 360. The van der Waals surface area contributed by atoms with Gasteiger partial charge in [-0.25, -0.2) is 0 Å². The summed E-state index contributed by atoms with van der Waals surface area (Å²) in [6, 6.07) is 7.84. The molecule has 0 saturated carbocycles. The summed E-state index contributed by atoms with van der Waals surface area (Å²) in [4.78, 5) is 0. The standard InChI is InChI=1S/C15H24ClNO2/c1-4-17-15(9-6-10-18-3)12(2)19-14-8-5-7-13(16)11-14/h5,7-8,11-12,15,17H,4,6,9-10H2,1-3H3. The zero-order chi connectivity index (χ0) is 14.1. The molecule has 1 aromatic rings. The molecule has 0 heterocycles. The van der Waals surface area contributed by atoms with Crippen molar-refractivity contribution in [3.8, 4) is 5.75 Å². The minimum atomic E-state index is 0.0928. The fourth-order valence-corrected chi connectivity index (χ4v) is 2.23. The largest absolute Gasteiger partial charge is 0.489 e. The maximum absolute atomic E-state index is 5.96. The Balaban J connectivity index is 2.52. The average Bonchev–Trinajstić information content (AvgIpc) is 2.38. The quantitative estimate of drug-likeness (QED) is 0.704. The molecule has 1 aromatic carbocycles. The Kier molecular flexibility index (Phi) is 7.87. The van der Waals surface area contributed by atoms with E-state index in [4.69, 9.17) is 21.1 Å². The van der Waals surface area contributed by atoms with E-state index in [2.05, 4.69) is 19.2 Å². The summed E-state index contributed by atoms with van der Waals surface area (Å²) in [5.41, 5.74) is 0. The van der Waals surface area contributed by atoms with Crippen molar-refractivity contribution >= 4 is 11.6 Å². The van der Waals surface area contributed by atoms with Crippen LogP contribution >= 0.6 is 11.6 Å². The maximum atomic E-state index is 5.96. The monoisotopic (exact) mass is 285 g/mol. The van der Waals surface area contributed by atoms with Gasteiger partial charge in [0.25, 0.3) is 0 Å². The average molecular weight is 286 g/mol. The van der Waals surface area contributed by atoms with Crippen LogP contribution in [0.4, 0.5) is 0 Å². The van der Waals surface area contributed by atoms with E-state index in [0.717, 1.165) is 31.7 Å². The van der Waals surface area contributed by atoms with Crippen LogP contribution in [0.25, 0.3) is 0 Å². The second-order valence-electron chi connectivity index (χ2n) is 4.58. The van der Waals surface area contributed by atoms with Gasteiger partial charge in [0, 0.05) is 24.8 Å². The predicted octanol–water partition coefficient (Wildman–Crippen LogP) is 3.51. The SMILES string of the molecule is CCNC(CCCOC)C(C)Oc1cccc(Cl)c1. The predicted molar refractivity (Wildman–Crippen MR) is 80.1 cm³/mol. The normalized spacial score (nSPS) is 14.1. The minimum absolute atomic E-state index is 0.0928. The zero-order valence-corrected chi connectivity index (χ0v) is 12.7. The van der Waals surface area contributed by atoms with Gasteiger partial charge >= 0.3 is 0 Å². The molecular formula is C15H24ClNO2. The van der Waals surface area contributed by atoms with Crippen molar-refractivity contribution in [1.82, 2.24) is 5.32 Å². The summed E-state index contributed by atoms with van der Waals surface area (Å²) in [6.45, 7) is 5.91. The first kappa shape index (κ1) is 16.3. The first-order valence-corrected chi connectivity index (χ1v) is 7.19. The number of hydrogen-bond acceptors (Lipinski definition) is 3. The van der Waals surface area contributed by atoms with Crippen molar-refractivity contribution < 1.29 is 9.47 Å². The van der Waals surface area contributed by atoms with Crippen molar-refractivity contribution in [2.45, 2.75) is 38.8 Å². The first-order chi connectivity index (χ1) is 9.17. The van der Waals surface area contributed by atoms with Gasteiger partial charge in [0.05, 0.1) is 0 Å². The third-order valence-electron chi connectivity index (χ3n) is 3.01. The van der Waals surface area contributed by atoms with Crippen molar-refractivity contribution in [3.05, 3.63) is 29.3 Å². The van der Waals surface area contributed by atoms with Crippen LogP contribution in [0.3, 0.4) is 0 Å². The third-order valence-corrected chi connectivity index (χ3v) is 3.25. The Hall–Kier alpha value is -0.770. The number of hydrogen-bond donors (Lipinski definition) is 1. The Morgan fingerprint density at radius 1 is 1.37 bits per heavy atom. The molecule has 2 atom stereocenters. The second-order valence-corrected chi connectivity index (χ2v) is 5.02. The molecule has 108 valence electrons. The van der Waals surface area contributed by atoms with Crippen molar-refractivity contribution in [2.75, 3.05) is 20.3 Å². The van der Waals surface area contributed by atoms with Crippen LogP contribution in [0, 0.1) is 0 Å². The van der Waals surface area contributed by atoms with Gasteiger partial charge in [-0.1, -0.05) is 24.6 Å². The van der Waals surface area contributed by atoms with Gasteiger partial charge < -0.3 is 14.8 Å². The molecule has 0 saturated heterocycles. The zero-order valence-electron chi connectivity index (χ0n) is 12.0. The second kappa shape index (κ2) is 9.18. The van der Waals surface area contributed by atoms with Gasteiger partial charge in [-0.05, 0) is 44.5 Å². The highest BCUT2D eigenvalue weighted by Crippen LogP contribution is 2.19. The minimum Gasteiger partial charge on any atom is -0.489 e. The number of methoxy groups -OCH3 is 1. The maximum Gasteiger partial charge on any atom is 0.121 e. The van der Waals surface area contributed by atoms with Crippen LogP contribution in [0.15, 0.2) is 24.3 Å². The van der Waals surface area contributed by atoms with Crippen molar-refractivity contribution in [3.63, 3.8) is 0 Å². The highest BCUT2D eigenvalue weighted by Gasteiger charge is 2.17. The van der Waals surface area contributed by atoms with Gasteiger partial charge in [-0.3, -0.25) is 0 Å². The molecule has 4 heteroatoms. The van der Waals surface area contributed by atoms with Crippen molar-refractivity contribution in [2.24, 2.45) is 0 Å². The Morgan fingerprint density at radius 3 is 2.79 bits per heavy atom. The molecule has 0 spiro atoms. The number of likely N-dealkylation sites (N-methyl/N-ethyl adjacent to an activating group) is 1. The van der Waals surface area contributed by atoms with Gasteiger partial charge in [-0.15, -0.1) is 0 Å². The number of ether oxygens (including phenoxy) is 2. The molecule has 0 radical (unpaired) electrons. The summed E-state index contributed by atoms with van der Waals surface area (Å²) in [5.74, 6) is 0.814. The van der Waals surface area contributed by atoms with Crippen LogP contribution in [0.2, 0.25) is 5.02 Å². The molecule has 19 heavy (non-hydrogen) atoms. The summed E-state index contributed by atoms with van der Waals surface area (Å²) >= 11 is 5.96. The van der Waals surface area contributed by atoms with Gasteiger partial charge in [0.15, 0.2) is 0 Å². The lowest BCUT2D eigenvalue weighted by molar-refractivity contribution is 0.147. The van der Waals surface area contributed by atoms with E-state index < -0.39 is 0 Å². The van der Waals surface area contributed by atoms with Gasteiger partial charge in [0.1, 0.15) is 11.9 Å². The van der Waals surface area contributed by atoms with Crippen molar-refractivity contribution in [1.29, 1.82) is 0 Å². The summed E-state index contributed by atoms with van der Waals surface area (Å²) in [5, 5.41) is 4.16. The Labute approximate surface area is 121 Å². The van der Waals surface area contributed by atoms with E-state index in [1.54, 1.807) is 7.11 Å². The molecule has 1 N–H and O–H groups in total. The number of nitrogens with one attached hydrogen (secondary N) is 1. The summed E-state index contributed by atoms with van der Waals surface area (Å²) in [7, 11) is 1.73. The molecule has 0 aromatic heterocycles. The lowest BCUT2D eigenvalue weighted by Gasteiger charge is -2.25. The van der Waals surface area contributed by atoms with E-state index >= 15 is 0 Å². The Morgan fingerprint density at radius 2 is 2.16 bits per heavy atom. The van der Waals surface area contributed by atoms with Crippen LogP contribution in [0.1, 0.15) is 26.7 Å². The fourth-order valence-electron chi connectivity index (χ4n) is 2.05. The van der Waals surface area contributed by atoms with E-state index in [9.17, 15) is 0 Å². The van der Waals surface area contributed by atoms with Crippen LogP contribution in [0.5, 0.6) is 5.75 Å². The molecular weight excluding hydrogens is 262 g/mol. The van der Waals surface area contributed by atoms with Crippen LogP contribution in [-0.2, 0) is 4.74 Å². The molecule has 0 aliphatic heterocycles. The molecule has 2 unspecified atom stereocenters. The number of rotatable bonds is 9. The van der Waals surface area contributed by atoms with Crippen LogP contribution < -0.4 is 10.1 Å². The third kappa shape index (κ3) is 6.28. The molecule has 0 aliphatic carbocycles. The van der Waals surface area contributed by atoms with Gasteiger partial charge in [0.2, 0.25) is 0 Å². The molecule has 0 amide bonds. The number of halogens is 1. The molecule has 0 bridgehead atoms. The first-order valence-electron chi connectivity index (χ1n) is 6.82. The van der Waals surface area contributed by atoms with E-state index in [1.807, 2.05) is 24.3 Å². The van der Waals surface area contributed by atoms with E-state index in [0.29, 0.717) is 11.1 Å². The smallest absolute Gasteiger partial charge is 0.121 e. The topological polar surface area (TPSA) is 30.5 Å². The summed E-state index contributed by atoms with van der Waals surface area (Å²) in [6.07, 6.45) is 2.15. The highest BCUT2D eigenvalue weighted by atomic mass is 35.5. The highest BCUT2D eigenvalue weighted by molar-refractivity contribution is 6.30. The fraction of sp³-hybridized carbons (Fsp3) is 0.600. The molecule has 0 fully saturated rings. The van der Waals surface area contributed by atoms with Gasteiger partial charge in [-0.2, -0.15) is 0 Å².